The molecule has 0 saturated heterocycles. The third-order valence-corrected chi connectivity index (χ3v) is 7.61. The van der Waals surface area contributed by atoms with Crippen molar-refractivity contribution in [3.05, 3.63) is 69.5 Å². The van der Waals surface area contributed by atoms with Crippen LogP contribution >= 0.6 is 39.5 Å². The quantitative estimate of drug-likeness (QED) is 0.370. The molecule has 0 aliphatic rings. The number of anilines is 1. The zero-order valence-corrected chi connectivity index (χ0v) is 20.5. The van der Waals surface area contributed by atoms with Crippen molar-refractivity contribution in [3.63, 3.8) is 0 Å². The Bertz CT molecular complexity index is 1010. The third-order valence-electron chi connectivity index (χ3n) is 4.78. The maximum Gasteiger partial charge on any atom is 0.234 e. The first-order valence-electron chi connectivity index (χ1n) is 9.71. The summed E-state index contributed by atoms with van der Waals surface area (Å²) in [6.45, 7) is 6.90. The minimum absolute atomic E-state index is 0.0459. The Balaban J connectivity index is 1.55. The summed E-state index contributed by atoms with van der Waals surface area (Å²) in [7, 11) is 0. The number of thioether (sulfide) groups is 2. The average molecular weight is 506 g/mol. The zero-order chi connectivity index (χ0) is 21.5. The summed E-state index contributed by atoms with van der Waals surface area (Å²) in [6, 6.07) is 14.3. The third kappa shape index (κ3) is 5.89. The molecule has 0 saturated carbocycles. The Morgan fingerprint density at radius 1 is 1.07 bits per heavy atom. The number of halogens is 1. The van der Waals surface area contributed by atoms with Crippen molar-refractivity contribution in [3.8, 4) is 0 Å². The predicted molar refractivity (Wildman–Crippen MR) is 130 cm³/mol. The van der Waals surface area contributed by atoms with Crippen LogP contribution in [-0.2, 0) is 22.8 Å². The van der Waals surface area contributed by atoms with Crippen LogP contribution in [0.5, 0.6) is 0 Å². The number of hydrogen-bond donors (Lipinski definition) is 1. The van der Waals surface area contributed by atoms with Crippen molar-refractivity contribution in [1.29, 1.82) is 0 Å². The molecule has 0 aliphatic carbocycles. The zero-order valence-electron chi connectivity index (χ0n) is 17.3. The molecule has 5 nitrogen and oxygen atoms in total. The van der Waals surface area contributed by atoms with Crippen molar-refractivity contribution in [2.24, 2.45) is 0 Å². The first-order chi connectivity index (χ1) is 14.5. The molecule has 0 atom stereocenters. The fourth-order valence-electron chi connectivity index (χ4n) is 2.92. The maximum absolute atomic E-state index is 12.5. The highest BCUT2D eigenvalue weighted by Gasteiger charge is 2.14. The van der Waals surface area contributed by atoms with E-state index >= 15 is 0 Å². The van der Waals surface area contributed by atoms with E-state index in [4.69, 9.17) is 0 Å². The summed E-state index contributed by atoms with van der Waals surface area (Å²) in [5, 5.41) is 12.4. The molecule has 8 heteroatoms. The number of amides is 1. The molecule has 1 aromatic heterocycles. The number of benzene rings is 2. The minimum Gasteiger partial charge on any atom is -0.325 e. The topological polar surface area (TPSA) is 59.8 Å². The summed E-state index contributed by atoms with van der Waals surface area (Å²) in [5.74, 6) is 2.93. The van der Waals surface area contributed by atoms with Crippen LogP contribution < -0.4 is 5.32 Å². The lowest BCUT2D eigenvalue weighted by Gasteiger charge is -2.12. The number of hydrogen-bond acceptors (Lipinski definition) is 5. The predicted octanol–water partition coefficient (Wildman–Crippen LogP) is 5.84. The summed E-state index contributed by atoms with van der Waals surface area (Å²) in [4.78, 5) is 12.5. The maximum atomic E-state index is 12.5. The molecule has 0 bridgehead atoms. The average Bonchev–Trinajstić information content (AvgIpc) is 3.15. The highest BCUT2D eigenvalue weighted by molar-refractivity contribution is 9.10. The standard InChI is InChI=1S/C22H25BrN4OS2/c1-4-27-20(13-29-12-17-8-6-5-7-9-17)25-26-22(27)30-14-21(28)24-19-11-10-18(23)15(2)16(19)3/h5-11H,4,12-14H2,1-3H3,(H,24,28). The van der Waals surface area contributed by atoms with Gasteiger partial charge < -0.3 is 9.88 Å². The second kappa shape index (κ2) is 11.0. The number of aromatic nitrogens is 3. The van der Waals surface area contributed by atoms with Crippen molar-refractivity contribution in [2.45, 2.75) is 44.0 Å². The van der Waals surface area contributed by atoms with E-state index in [2.05, 4.69) is 67.2 Å². The highest BCUT2D eigenvalue weighted by Crippen LogP contribution is 2.26. The van der Waals surface area contributed by atoms with E-state index < -0.39 is 0 Å². The Labute approximate surface area is 194 Å². The van der Waals surface area contributed by atoms with E-state index in [0.717, 1.165) is 50.3 Å². The van der Waals surface area contributed by atoms with Crippen molar-refractivity contribution < 1.29 is 4.79 Å². The SMILES string of the molecule is CCn1c(CSCc2ccccc2)nnc1SCC(=O)Nc1ccc(Br)c(C)c1C. The van der Waals surface area contributed by atoms with Gasteiger partial charge in [-0.05, 0) is 49.6 Å². The molecule has 3 rings (SSSR count). The van der Waals surface area contributed by atoms with Gasteiger partial charge in [0.1, 0.15) is 5.82 Å². The Morgan fingerprint density at radius 3 is 2.57 bits per heavy atom. The first-order valence-corrected chi connectivity index (χ1v) is 12.6. The van der Waals surface area contributed by atoms with Crippen LogP contribution in [0.4, 0.5) is 5.69 Å². The normalized spacial score (nSPS) is 10.9. The van der Waals surface area contributed by atoms with E-state index in [9.17, 15) is 4.79 Å². The molecule has 0 unspecified atom stereocenters. The molecule has 0 radical (unpaired) electrons. The van der Waals surface area contributed by atoms with Gasteiger partial charge in [0, 0.05) is 22.5 Å². The van der Waals surface area contributed by atoms with Crippen LogP contribution in [0.2, 0.25) is 0 Å². The molecule has 0 spiro atoms. The van der Waals surface area contributed by atoms with Crippen molar-refractivity contribution >= 4 is 51.0 Å². The van der Waals surface area contributed by atoms with Crippen LogP contribution in [0, 0.1) is 13.8 Å². The summed E-state index contributed by atoms with van der Waals surface area (Å²) < 4.78 is 3.13. The smallest absolute Gasteiger partial charge is 0.234 e. The van der Waals surface area contributed by atoms with E-state index in [0.29, 0.717) is 5.75 Å². The molecular weight excluding hydrogens is 480 g/mol. The van der Waals surface area contributed by atoms with Crippen LogP contribution in [0.1, 0.15) is 29.4 Å². The van der Waals surface area contributed by atoms with Gasteiger partial charge in [-0.3, -0.25) is 4.79 Å². The molecule has 3 aromatic rings. The van der Waals surface area contributed by atoms with E-state index in [-0.39, 0.29) is 5.91 Å². The lowest BCUT2D eigenvalue weighted by atomic mass is 10.1. The van der Waals surface area contributed by atoms with Crippen LogP contribution in [0.3, 0.4) is 0 Å². The van der Waals surface area contributed by atoms with Crippen molar-refractivity contribution in [2.75, 3.05) is 11.1 Å². The number of nitrogens with zero attached hydrogens (tertiary/aromatic N) is 3. The van der Waals surface area contributed by atoms with E-state index in [1.54, 1.807) is 0 Å². The van der Waals surface area contributed by atoms with Crippen molar-refractivity contribution in [1.82, 2.24) is 14.8 Å². The van der Waals surface area contributed by atoms with Gasteiger partial charge in [-0.1, -0.05) is 58.0 Å². The number of carbonyl (C=O) groups excluding carboxylic acids is 1. The lowest BCUT2D eigenvalue weighted by molar-refractivity contribution is -0.113. The molecule has 30 heavy (non-hydrogen) atoms. The van der Waals surface area contributed by atoms with Gasteiger partial charge in [0.15, 0.2) is 5.16 Å². The summed E-state index contributed by atoms with van der Waals surface area (Å²) >= 11 is 6.76. The molecule has 158 valence electrons. The molecule has 0 fully saturated rings. The van der Waals surface area contributed by atoms with Crippen LogP contribution in [0.15, 0.2) is 52.1 Å². The van der Waals surface area contributed by atoms with Gasteiger partial charge >= 0.3 is 0 Å². The Hall–Kier alpha value is -1.77. The highest BCUT2D eigenvalue weighted by atomic mass is 79.9. The minimum atomic E-state index is -0.0459. The molecule has 1 heterocycles. The largest absolute Gasteiger partial charge is 0.325 e. The van der Waals surface area contributed by atoms with Gasteiger partial charge in [-0.2, -0.15) is 0 Å². The van der Waals surface area contributed by atoms with E-state index in [1.807, 2.05) is 43.8 Å². The molecule has 1 N–H and O–H groups in total. The van der Waals surface area contributed by atoms with Gasteiger partial charge in [-0.25, -0.2) is 0 Å². The van der Waals surface area contributed by atoms with Gasteiger partial charge in [0.25, 0.3) is 0 Å². The monoisotopic (exact) mass is 504 g/mol. The number of nitrogens with one attached hydrogen (secondary N) is 1. The van der Waals surface area contributed by atoms with Crippen LogP contribution in [-0.4, -0.2) is 26.4 Å². The molecule has 0 aliphatic heterocycles. The Morgan fingerprint density at radius 2 is 1.83 bits per heavy atom. The molecule has 2 aromatic carbocycles. The van der Waals surface area contributed by atoms with Gasteiger partial charge in [-0.15, -0.1) is 22.0 Å². The molecular formula is C22H25BrN4OS2. The number of carbonyl (C=O) groups is 1. The fourth-order valence-corrected chi connectivity index (χ4v) is 5.10. The summed E-state index contributed by atoms with van der Waals surface area (Å²) in [6.07, 6.45) is 0. The molecule has 1 amide bonds. The van der Waals surface area contributed by atoms with E-state index in [1.165, 1.54) is 17.3 Å². The number of rotatable bonds is 9. The van der Waals surface area contributed by atoms with Gasteiger partial charge in [0.05, 0.1) is 11.5 Å². The van der Waals surface area contributed by atoms with Crippen LogP contribution in [0.25, 0.3) is 0 Å². The fraction of sp³-hybridized carbons (Fsp3) is 0.318. The first kappa shape index (κ1) is 22.9. The second-order valence-corrected chi connectivity index (χ2v) is 9.59. The lowest BCUT2D eigenvalue weighted by Crippen LogP contribution is -2.16. The Kier molecular flexibility index (Phi) is 8.41. The summed E-state index contributed by atoms with van der Waals surface area (Å²) in [5.41, 5.74) is 4.34. The second-order valence-electron chi connectivity index (χ2n) is 6.80. The van der Waals surface area contributed by atoms with Gasteiger partial charge in [0.2, 0.25) is 5.91 Å².